The van der Waals surface area contributed by atoms with E-state index >= 15 is 0 Å². The van der Waals surface area contributed by atoms with Gasteiger partial charge >= 0.3 is 0 Å². The van der Waals surface area contributed by atoms with Crippen LogP contribution in [0.2, 0.25) is 0 Å². The van der Waals surface area contributed by atoms with Crippen LogP contribution in [0.5, 0.6) is 0 Å². The van der Waals surface area contributed by atoms with Crippen LogP contribution in [0, 0.1) is 0 Å². The minimum absolute atomic E-state index is 0.299. The zero-order valence-corrected chi connectivity index (χ0v) is 10.9. The summed E-state index contributed by atoms with van der Waals surface area (Å²) in [5.41, 5.74) is 11.8. The Hall–Kier alpha value is -2.28. The maximum Gasteiger partial charge on any atom is 0.276 e. The summed E-state index contributed by atoms with van der Waals surface area (Å²) in [6.07, 6.45) is 5.26. The van der Waals surface area contributed by atoms with E-state index in [2.05, 4.69) is 15.1 Å². The smallest absolute Gasteiger partial charge is 0.276 e. The molecule has 104 valence electrons. The third-order valence-corrected chi connectivity index (χ3v) is 3.63. The first-order valence-electron chi connectivity index (χ1n) is 6.48. The summed E-state index contributed by atoms with van der Waals surface area (Å²) in [7, 11) is 0. The fraction of sp³-hybridized carbons (Fsp3) is 0.385. The molecule has 2 aromatic heterocycles. The average molecular weight is 273 g/mol. The zero-order valence-electron chi connectivity index (χ0n) is 10.9. The Bertz CT molecular complexity index is 628. The molecule has 2 aromatic rings. The van der Waals surface area contributed by atoms with E-state index in [4.69, 9.17) is 16.0 Å². The summed E-state index contributed by atoms with van der Waals surface area (Å²) in [5, 5.41) is 3.96. The highest BCUT2D eigenvalue weighted by Crippen LogP contribution is 2.35. The van der Waals surface area contributed by atoms with Gasteiger partial charge in [0.25, 0.3) is 5.89 Å². The number of aromatic nitrogens is 3. The number of nitrogens with zero attached hydrogens (tertiary/aromatic N) is 3. The third-order valence-electron chi connectivity index (χ3n) is 3.63. The zero-order chi connectivity index (χ0) is 14.2. The molecular weight excluding hydrogens is 258 g/mol. The number of rotatable bonds is 3. The molecule has 1 saturated carbocycles. The van der Waals surface area contributed by atoms with Gasteiger partial charge in [0.1, 0.15) is 5.69 Å². The van der Waals surface area contributed by atoms with Crippen molar-refractivity contribution in [2.75, 3.05) is 0 Å². The molecule has 0 saturated heterocycles. The maximum atomic E-state index is 11.0. The second kappa shape index (κ2) is 4.68. The van der Waals surface area contributed by atoms with E-state index in [1.807, 2.05) is 0 Å². The molecule has 2 heterocycles. The molecule has 1 aliphatic carbocycles. The second-order valence-corrected chi connectivity index (χ2v) is 5.08. The number of hydrogen-bond acceptors (Lipinski definition) is 6. The lowest BCUT2D eigenvalue weighted by Crippen LogP contribution is -2.34. The van der Waals surface area contributed by atoms with Crippen LogP contribution >= 0.6 is 0 Å². The Kier molecular flexibility index (Phi) is 2.98. The minimum Gasteiger partial charge on any atom is -0.366 e. The highest BCUT2D eigenvalue weighted by molar-refractivity contribution is 5.92. The summed E-state index contributed by atoms with van der Waals surface area (Å²) in [4.78, 5) is 19.4. The molecule has 1 fully saturated rings. The van der Waals surface area contributed by atoms with Crippen molar-refractivity contribution < 1.29 is 9.32 Å². The first kappa shape index (κ1) is 12.7. The van der Waals surface area contributed by atoms with Crippen LogP contribution in [0.15, 0.2) is 22.9 Å². The van der Waals surface area contributed by atoms with Crippen LogP contribution in [-0.4, -0.2) is 21.0 Å². The van der Waals surface area contributed by atoms with Crippen LogP contribution in [0.3, 0.4) is 0 Å². The Morgan fingerprint density at radius 1 is 1.30 bits per heavy atom. The molecule has 0 aromatic carbocycles. The number of pyridine rings is 1. The van der Waals surface area contributed by atoms with Crippen LogP contribution in [0.25, 0.3) is 11.6 Å². The van der Waals surface area contributed by atoms with E-state index in [1.165, 1.54) is 6.20 Å². The molecule has 0 aliphatic heterocycles. The molecule has 7 heteroatoms. The van der Waals surface area contributed by atoms with Crippen LogP contribution in [0.4, 0.5) is 0 Å². The Labute approximate surface area is 115 Å². The van der Waals surface area contributed by atoms with E-state index in [0.717, 1.165) is 25.7 Å². The van der Waals surface area contributed by atoms with Crippen molar-refractivity contribution >= 4 is 5.91 Å². The van der Waals surface area contributed by atoms with Gasteiger partial charge in [-0.3, -0.25) is 9.78 Å². The number of primary amides is 1. The predicted octanol–water partition coefficient (Wildman–Crippen LogP) is 0.958. The molecule has 0 unspecified atom stereocenters. The van der Waals surface area contributed by atoms with Gasteiger partial charge in [0.05, 0.1) is 11.1 Å². The van der Waals surface area contributed by atoms with Crippen LogP contribution in [0.1, 0.15) is 41.9 Å². The van der Waals surface area contributed by atoms with Gasteiger partial charge in [-0.25, -0.2) is 0 Å². The van der Waals surface area contributed by atoms with Gasteiger partial charge in [-0.15, -0.1) is 0 Å². The summed E-state index contributed by atoms with van der Waals surface area (Å²) < 4.78 is 5.21. The Morgan fingerprint density at radius 2 is 2.05 bits per heavy atom. The van der Waals surface area contributed by atoms with Crippen molar-refractivity contribution in [3.05, 3.63) is 29.7 Å². The van der Waals surface area contributed by atoms with Gasteiger partial charge in [-0.2, -0.15) is 4.98 Å². The van der Waals surface area contributed by atoms with Crippen LogP contribution in [-0.2, 0) is 5.54 Å². The lowest BCUT2D eigenvalue weighted by molar-refractivity contribution is 0.1000. The van der Waals surface area contributed by atoms with Crippen molar-refractivity contribution in [2.24, 2.45) is 11.5 Å². The molecule has 20 heavy (non-hydrogen) atoms. The molecular formula is C13H15N5O2. The van der Waals surface area contributed by atoms with E-state index in [9.17, 15) is 4.79 Å². The van der Waals surface area contributed by atoms with Crippen molar-refractivity contribution in [3.8, 4) is 11.6 Å². The third kappa shape index (κ3) is 2.16. The quantitative estimate of drug-likeness (QED) is 0.859. The van der Waals surface area contributed by atoms with E-state index < -0.39 is 11.4 Å². The average Bonchev–Trinajstić information content (AvgIpc) is 3.08. The first-order chi connectivity index (χ1) is 9.58. The van der Waals surface area contributed by atoms with Crippen molar-refractivity contribution in [2.45, 2.75) is 31.2 Å². The Morgan fingerprint density at radius 3 is 2.65 bits per heavy atom. The maximum absolute atomic E-state index is 11.0. The molecule has 4 N–H and O–H groups in total. The number of nitrogens with two attached hydrogens (primary N) is 2. The minimum atomic E-state index is -0.526. The first-order valence-corrected chi connectivity index (χ1v) is 6.48. The largest absolute Gasteiger partial charge is 0.366 e. The van der Waals surface area contributed by atoms with Gasteiger partial charge in [0.15, 0.2) is 5.82 Å². The molecule has 3 rings (SSSR count). The Balaban J connectivity index is 1.88. The normalized spacial score (nSPS) is 17.2. The van der Waals surface area contributed by atoms with Gasteiger partial charge in [-0.05, 0) is 25.0 Å². The molecule has 0 spiro atoms. The summed E-state index contributed by atoms with van der Waals surface area (Å²) in [5.74, 6) is 0.292. The van der Waals surface area contributed by atoms with E-state index in [1.54, 1.807) is 12.1 Å². The SMILES string of the molecule is NC(=O)c1ccc(-c2nc(C3(N)CCCC3)no2)nc1. The number of carbonyl (C=O) groups excluding carboxylic acids is 1. The van der Waals surface area contributed by atoms with Gasteiger partial charge in [-0.1, -0.05) is 18.0 Å². The van der Waals surface area contributed by atoms with Crippen molar-refractivity contribution in [3.63, 3.8) is 0 Å². The highest BCUT2D eigenvalue weighted by atomic mass is 16.5. The van der Waals surface area contributed by atoms with Crippen LogP contribution < -0.4 is 11.5 Å². The van der Waals surface area contributed by atoms with E-state index in [0.29, 0.717) is 23.0 Å². The number of amides is 1. The summed E-state index contributed by atoms with van der Waals surface area (Å²) in [6.45, 7) is 0. The van der Waals surface area contributed by atoms with Gasteiger partial charge in [0.2, 0.25) is 5.91 Å². The summed E-state index contributed by atoms with van der Waals surface area (Å²) >= 11 is 0. The summed E-state index contributed by atoms with van der Waals surface area (Å²) in [6, 6.07) is 3.19. The molecule has 1 amide bonds. The standard InChI is InChI=1S/C13H15N5O2/c14-10(19)8-3-4-9(16-7-8)11-17-12(18-20-11)13(15)5-1-2-6-13/h3-4,7H,1-2,5-6,15H2,(H2,14,19). The molecule has 7 nitrogen and oxygen atoms in total. The van der Waals surface area contributed by atoms with Gasteiger partial charge in [0, 0.05) is 6.20 Å². The monoisotopic (exact) mass is 273 g/mol. The number of hydrogen-bond donors (Lipinski definition) is 2. The number of carbonyl (C=O) groups is 1. The predicted molar refractivity (Wildman–Crippen MR) is 70.4 cm³/mol. The van der Waals surface area contributed by atoms with Crippen molar-refractivity contribution in [1.82, 2.24) is 15.1 Å². The molecule has 1 aliphatic rings. The highest BCUT2D eigenvalue weighted by Gasteiger charge is 2.36. The van der Waals surface area contributed by atoms with E-state index in [-0.39, 0.29) is 0 Å². The second-order valence-electron chi connectivity index (χ2n) is 5.08. The van der Waals surface area contributed by atoms with Crippen molar-refractivity contribution in [1.29, 1.82) is 0 Å². The lowest BCUT2D eigenvalue weighted by Gasteiger charge is -2.17. The lowest BCUT2D eigenvalue weighted by atomic mass is 9.99. The fourth-order valence-corrected chi connectivity index (χ4v) is 2.43. The molecule has 0 bridgehead atoms. The topological polar surface area (TPSA) is 121 Å². The fourth-order valence-electron chi connectivity index (χ4n) is 2.43. The molecule has 0 radical (unpaired) electrons. The molecule has 0 atom stereocenters. The van der Waals surface area contributed by atoms with Gasteiger partial charge < -0.3 is 16.0 Å².